The highest BCUT2D eigenvalue weighted by atomic mass is 32.1. The van der Waals surface area contributed by atoms with Gasteiger partial charge in [0.25, 0.3) is 0 Å². The lowest BCUT2D eigenvalue weighted by Crippen LogP contribution is -2.35. The van der Waals surface area contributed by atoms with E-state index < -0.39 is 5.60 Å². The first-order chi connectivity index (χ1) is 7.42. The molecule has 0 atom stereocenters. The molecule has 1 N–H and O–H groups in total. The largest absolute Gasteiger partial charge is 0.385 e. The summed E-state index contributed by atoms with van der Waals surface area (Å²) in [4.78, 5) is 0. The van der Waals surface area contributed by atoms with Crippen molar-refractivity contribution in [3.8, 4) is 0 Å². The maximum Gasteiger partial charge on any atom is 0.0904 e. The van der Waals surface area contributed by atoms with Gasteiger partial charge < -0.3 is 5.11 Å². The molecule has 0 bridgehead atoms. The van der Waals surface area contributed by atoms with Gasteiger partial charge in [-0.1, -0.05) is 20.8 Å². The van der Waals surface area contributed by atoms with Crippen LogP contribution in [0.5, 0.6) is 0 Å². The normalized spacial score (nSPS) is 31.6. The van der Waals surface area contributed by atoms with Crippen molar-refractivity contribution >= 4 is 11.3 Å². The van der Waals surface area contributed by atoms with E-state index in [0.29, 0.717) is 5.41 Å². The molecule has 2 heteroatoms. The van der Waals surface area contributed by atoms with Crippen LogP contribution in [-0.2, 0) is 5.60 Å². The molecule has 0 amide bonds. The Hall–Kier alpha value is -0.340. The summed E-state index contributed by atoms with van der Waals surface area (Å²) in [6.07, 6.45) is 4.14. The molecule has 0 aromatic carbocycles. The predicted molar refractivity (Wildman–Crippen MR) is 69.6 cm³/mol. The third-order valence-corrected chi connectivity index (χ3v) is 4.78. The first-order valence-corrected chi connectivity index (χ1v) is 7.11. The first-order valence-electron chi connectivity index (χ1n) is 6.17. The average molecular weight is 238 g/mol. The molecule has 1 aromatic rings. The maximum absolute atomic E-state index is 10.6. The van der Waals surface area contributed by atoms with Gasteiger partial charge in [0.1, 0.15) is 0 Å². The van der Waals surface area contributed by atoms with Crippen LogP contribution in [0.4, 0.5) is 0 Å². The van der Waals surface area contributed by atoms with Crippen molar-refractivity contribution in [3.63, 3.8) is 0 Å². The number of hydrogen-bond acceptors (Lipinski definition) is 2. The lowest BCUT2D eigenvalue weighted by molar-refractivity contribution is -0.0294. The van der Waals surface area contributed by atoms with Crippen LogP contribution in [0.25, 0.3) is 0 Å². The Kier molecular flexibility index (Phi) is 3.15. The Labute approximate surface area is 103 Å². The van der Waals surface area contributed by atoms with Crippen LogP contribution in [0.2, 0.25) is 0 Å². The maximum atomic E-state index is 10.6. The Bertz CT molecular complexity index is 326. The number of aliphatic hydroxyl groups is 1. The van der Waals surface area contributed by atoms with E-state index >= 15 is 0 Å². The first kappa shape index (κ1) is 12.1. The van der Waals surface area contributed by atoms with E-state index in [1.165, 1.54) is 0 Å². The number of hydrogen-bond donors (Lipinski definition) is 1. The van der Waals surface area contributed by atoms with Crippen molar-refractivity contribution in [1.29, 1.82) is 0 Å². The summed E-state index contributed by atoms with van der Waals surface area (Å²) >= 11 is 1.68. The van der Waals surface area contributed by atoms with Gasteiger partial charge in [-0.15, -0.1) is 0 Å². The van der Waals surface area contributed by atoms with Crippen LogP contribution < -0.4 is 0 Å². The number of thiophene rings is 1. The van der Waals surface area contributed by atoms with Crippen LogP contribution >= 0.6 is 11.3 Å². The topological polar surface area (TPSA) is 20.2 Å². The van der Waals surface area contributed by atoms with Crippen molar-refractivity contribution in [1.82, 2.24) is 0 Å². The fraction of sp³-hybridized carbons (Fsp3) is 0.714. The van der Waals surface area contributed by atoms with E-state index in [-0.39, 0.29) is 0 Å². The van der Waals surface area contributed by atoms with E-state index in [4.69, 9.17) is 0 Å². The lowest BCUT2D eigenvalue weighted by atomic mass is 9.67. The van der Waals surface area contributed by atoms with Gasteiger partial charge in [-0.2, -0.15) is 11.3 Å². The van der Waals surface area contributed by atoms with Crippen LogP contribution in [-0.4, -0.2) is 5.11 Å². The number of rotatable bonds is 1. The zero-order valence-corrected chi connectivity index (χ0v) is 11.3. The summed E-state index contributed by atoms with van der Waals surface area (Å²) in [6.45, 7) is 6.94. The van der Waals surface area contributed by atoms with Gasteiger partial charge in [-0.05, 0) is 59.4 Å². The summed E-state index contributed by atoms with van der Waals surface area (Å²) in [5.41, 5.74) is 0.974. The summed E-state index contributed by atoms with van der Waals surface area (Å²) in [5.74, 6) is 0.756. The lowest BCUT2D eigenvalue weighted by Gasteiger charge is -2.41. The molecule has 16 heavy (non-hydrogen) atoms. The summed E-state index contributed by atoms with van der Waals surface area (Å²) < 4.78 is 0. The van der Waals surface area contributed by atoms with E-state index in [9.17, 15) is 5.11 Å². The molecular weight excluding hydrogens is 216 g/mol. The fourth-order valence-corrected chi connectivity index (χ4v) is 3.53. The zero-order chi connectivity index (χ0) is 11.8. The molecule has 1 aliphatic carbocycles. The molecule has 0 aliphatic heterocycles. The third-order valence-electron chi connectivity index (χ3n) is 4.10. The van der Waals surface area contributed by atoms with Gasteiger partial charge in [0, 0.05) is 0 Å². The van der Waals surface area contributed by atoms with Gasteiger partial charge >= 0.3 is 0 Å². The van der Waals surface area contributed by atoms with Crippen molar-refractivity contribution in [2.45, 2.75) is 52.1 Å². The zero-order valence-electron chi connectivity index (χ0n) is 10.5. The van der Waals surface area contributed by atoms with Gasteiger partial charge in [-0.25, -0.2) is 0 Å². The molecule has 0 saturated heterocycles. The molecule has 0 unspecified atom stereocenters. The molecule has 0 radical (unpaired) electrons. The molecule has 2 rings (SSSR count). The van der Waals surface area contributed by atoms with Gasteiger partial charge in [0.05, 0.1) is 5.60 Å². The molecule has 0 spiro atoms. The Morgan fingerprint density at radius 2 is 1.94 bits per heavy atom. The van der Waals surface area contributed by atoms with Crippen LogP contribution in [0, 0.1) is 11.3 Å². The van der Waals surface area contributed by atoms with Crippen molar-refractivity contribution < 1.29 is 5.11 Å². The second-order valence-electron chi connectivity index (χ2n) is 6.18. The predicted octanol–water partition coefficient (Wildman–Crippen LogP) is 4.17. The van der Waals surface area contributed by atoms with Gasteiger partial charge in [0.15, 0.2) is 0 Å². The molecule has 1 saturated carbocycles. The highest BCUT2D eigenvalue weighted by Crippen LogP contribution is 2.45. The Balaban J connectivity index is 2.05. The molecule has 1 heterocycles. The van der Waals surface area contributed by atoms with Crippen molar-refractivity contribution in [3.05, 3.63) is 22.4 Å². The monoisotopic (exact) mass is 238 g/mol. The van der Waals surface area contributed by atoms with E-state index in [0.717, 1.165) is 37.2 Å². The smallest absolute Gasteiger partial charge is 0.0904 e. The van der Waals surface area contributed by atoms with Crippen LogP contribution in [0.1, 0.15) is 52.0 Å². The highest BCUT2D eigenvalue weighted by molar-refractivity contribution is 7.08. The Morgan fingerprint density at radius 3 is 2.38 bits per heavy atom. The fourth-order valence-electron chi connectivity index (χ4n) is 2.78. The van der Waals surface area contributed by atoms with Gasteiger partial charge in [-0.3, -0.25) is 0 Å². The minimum Gasteiger partial charge on any atom is -0.385 e. The second kappa shape index (κ2) is 4.15. The van der Waals surface area contributed by atoms with E-state index in [2.05, 4.69) is 37.6 Å². The summed E-state index contributed by atoms with van der Waals surface area (Å²) in [5, 5.41) is 14.8. The quantitative estimate of drug-likeness (QED) is 0.778. The summed E-state index contributed by atoms with van der Waals surface area (Å²) in [7, 11) is 0. The van der Waals surface area contributed by atoms with E-state index in [1.54, 1.807) is 11.3 Å². The molecule has 90 valence electrons. The van der Waals surface area contributed by atoms with E-state index in [1.807, 2.05) is 0 Å². The minimum atomic E-state index is -0.540. The van der Waals surface area contributed by atoms with Crippen molar-refractivity contribution in [2.75, 3.05) is 0 Å². The molecule has 1 aromatic heterocycles. The standard InChI is InChI=1S/C14H22OS/c1-13(2,3)11-4-7-14(15,8-5-11)12-6-9-16-10-12/h6,9-11,15H,4-5,7-8H2,1-3H3. The SMILES string of the molecule is CC(C)(C)C1CCC(O)(c2ccsc2)CC1. The van der Waals surface area contributed by atoms with Crippen LogP contribution in [0.3, 0.4) is 0 Å². The van der Waals surface area contributed by atoms with Gasteiger partial charge in [0.2, 0.25) is 0 Å². The minimum absolute atomic E-state index is 0.385. The molecule has 1 nitrogen and oxygen atoms in total. The molecular formula is C14H22OS. The van der Waals surface area contributed by atoms with Crippen molar-refractivity contribution in [2.24, 2.45) is 11.3 Å². The molecule has 1 aliphatic rings. The third kappa shape index (κ3) is 2.33. The summed E-state index contributed by atoms with van der Waals surface area (Å²) in [6, 6.07) is 2.07. The molecule has 1 fully saturated rings. The van der Waals surface area contributed by atoms with Crippen LogP contribution in [0.15, 0.2) is 16.8 Å². The Morgan fingerprint density at radius 1 is 1.31 bits per heavy atom. The second-order valence-corrected chi connectivity index (χ2v) is 6.96. The average Bonchev–Trinajstić information content (AvgIpc) is 2.70. The highest BCUT2D eigenvalue weighted by Gasteiger charge is 2.38.